The van der Waals surface area contributed by atoms with Crippen molar-refractivity contribution in [3.8, 4) is 0 Å². The van der Waals surface area contributed by atoms with Crippen LogP contribution in [0.4, 0.5) is 5.69 Å². The van der Waals surface area contributed by atoms with Crippen molar-refractivity contribution >= 4 is 29.1 Å². The van der Waals surface area contributed by atoms with E-state index < -0.39 is 0 Å². The van der Waals surface area contributed by atoms with Gasteiger partial charge in [0, 0.05) is 5.25 Å². The molecule has 0 atom stereocenters. The average molecular weight is 243 g/mol. The van der Waals surface area contributed by atoms with Crippen molar-refractivity contribution in [1.29, 1.82) is 0 Å². The summed E-state index contributed by atoms with van der Waals surface area (Å²) in [6, 6.07) is 3.57. The van der Waals surface area contributed by atoms with E-state index in [1.54, 1.807) is 17.8 Å². The van der Waals surface area contributed by atoms with Crippen LogP contribution in [0.5, 0.6) is 0 Å². The molecule has 0 unspecified atom stereocenters. The zero-order valence-electron chi connectivity index (χ0n) is 8.58. The van der Waals surface area contributed by atoms with Gasteiger partial charge in [-0.25, -0.2) is 4.98 Å². The largest absolute Gasteiger partial charge is 0.397 e. The summed E-state index contributed by atoms with van der Waals surface area (Å²) in [5.74, 6) is 0. The van der Waals surface area contributed by atoms with Gasteiger partial charge < -0.3 is 5.73 Å². The zero-order chi connectivity index (χ0) is 10.7. The zero-order valence-corrected chi connectivity index (χ0v) is 10.2. The molecule has 2 nitrogen and oxygen atoms in total. The van der Waals surface area contributed by atoms with Crippen LogP contribution in [0.1, 0.15) is 32.1 Å². The van der Waals surface area contributed by atoms with E-state index in [0.29, 0.717) is 10.4 Å². The first-order chi connectivity index (χ1) is 7.25. The summed E-state index contributed by atoms with van der Waals surface area (Å²) in [4.78, 5) is 4.27. The predicted octanol–water partition coefficient (Wildman–Crippen LogP) is 3.74. The van der Waals surface area contributed by atoms with Crippen LogP contribution in [0.15, 0.2) is 17.2 Å². The van der Waals surface area contributed by atoms with E-state index >= 15 is 0 Å². The first-order valence-corrected chi connectivity index (χ1v) is 6.60. The maximum absolute atomic E-state index is 5.86. The first kappa shape index (κ1) is 11.1. The number of nitrogens with two attached hydrogens (primary N) is 1. The molecule has 15 heavy (non-hydrogen) atoms. The molecule has 1 fully saturated rings. The Morgan fingerprint density at radius 3 is 2.73 bits per heavy atom. The van der Waals surface area contributed by atoms with Gasteiger partial charge in [-0.1, -0.05) is 30.9 Å². The monoisotopic (exact) mass is 242 g/mol. The summed E-state index contributed by atoms with van der Waals surface area (Å²) in [7, 11) is 0. The van der Waals surface area contributed by atoms with Crippen molar-refractivity contribution in [3.05, 3.63) is 17.3 Å². The molecule has 4 heteroatoms. The van der Waals surface area contributed by atoms with Gasteiger partial charge in [-0.15, -0.1) is 11.8 Å². The van der Waals surface area contributed by atoms with Crippen molar-refractivity contribution < 1.29 is 0 Å². The minimum absolute atomic E-state index is 0.530. The summed E-state index contributed by atoms with van der Waals surface area (Å²) in [6.45, 7) is 0. The van der Waals surface area contributed by atoms with E-state index in [0.717, 1.165) is 10.7 Å². The van der Waals surface area contributed by atoms with Gasteiger partial charge in [0.15, 0.2) is 0 Å². The lowest BCUT2D eigenvalue weighted by Gasteiger charge is -2.20. The van der Waals surface area contributed by atoms with E-state index in [4.69, 9.17) is 17.3 Å². The molecule has 2 rings (SSSR count). The van der Waals surface area contributed by atoms with Gasteiger partial charge in [0.05, 0.1) is 5.69 Å². The minimum atomic E-state index is 0.530. The molecular formula is C11H15ClN2S. The van der Waals surface area contributed by atoms with Crippen molar-refractivity contribution in [2.75, 3.05) is 5.73 Å². The topological polar surface area (TPSA) is 38.9 Å². The van der Waals surface area contributed by atoms with Gasteiger partial charge in [0.25, 0.3) is 0 Å². The highest BCUT2D eigenvalue weighted by atomic mass is 35.5. The molecule has 0 spiro atoms. The summed E-state index contributed by atoms with van der Waals surface area (Å²) in [6.07, 6.45) is 6.59. The SMILES string of the molecule is Nc1ccc(Cl)nc1SC1CCCCC1. The molecule has 1 aliphatic rings. The van der Waals surface area contributed by atoms with Crippen molar-refractivity contribution in [2.45, 2.75) is 42.4 Å². The molecule has 0 aromatic carbocycles. The predicted molar refractivity (Wildman–Crippen MR) is 66.4 cm³/mol. The number of rotatable bonds is 2. The number of pyridine rings is 1. The lowest BCUT2D eigenvalue weighted by Crippen LogP contribution is -2.08. The van der Waals surface area contributed by atoms with Crippen LogP contribution in [0.2, 0.25) is 5.15 Å². The fourth-order valence-electron chi connectivity index (χ4n) is 1.86. The van der Waals surface area contributed by atoms with Gasteiger partial charge in [-0.2, -0.15) is 0 Å². The summed E-state index contributed by atoms with van der Waals surface area (Å²) >= 11 is 7.64. The quantitative estimate of drug-likeness (QED) is 0.803. The standard InChI is InChI=1S/C11H15ClN2S/c12-10-7-6-9(13)11(14-10)15-8-4-2-1-3-5-8/h6-8H,1-5,13H2. The van der Waals surface area contributed by atoms with Crippen LogP contribution in [-0.4, -0.2) is 10.2 Å². The lowest BCUT2D eigenvalue weighted by atomic mass is 10.0. The summed E-state index contributed by atoms with van der Waals surface area (Å²) in [5, 5.41) is 2.10. The van der Waals surface area contributed by atoms with Gasteiger partial charge in [0.2, 0.25) is 0 Å². The second-order valence-corrected chi connectivity index (χ2v) is 5.58. The Labute approximate surface area is 99.6 Å². The van der Waals surface area contributed by atoms with Gasteiger partial charge >= 0.3 is 0 Å². The molecule has 0 amide bonds. The Morgan fingerprint density at radius 1 is 1.27 bits per heavy atom. The Balaban J connectivity index is 2.05. The van der Waals surface area contributed by atoms with Crippen LogP contribution in [0.3, 0.4) is 0 Å². The second kappa shape index (κ2) is 5.08. The van der Waals surface area contributed by atoms with Crippen molar-refractivity contribution in [2.24, 2.45) is 0 Å². The highest BCUT2D eigenvalue weighted by Crippen LogP contribution is 2.35. The number of hydrogen-bond donors (Lipinski definition) is 1. The van der Waals surface area contributed by atoms with E-state index in [9.17, 15) is 0 Å². The number of nitrogen functional groups attached to an aromatic ring is 1. The smallest absolute Gasteiger partial charge is 0.130 e. The molecule has 2 N–H and O–H groups in total. The van der Waals surface area contributed by atoms with Crippen LogP contribution >= 0.6 is 23.4 Å². The second-order valence-electron chi connectivity index (χ2n) is 3.91. The number of anilines is 1. The third kappa shape index (κ3) is 3.02. The van der Waals surface area contributed by atoms with Gasteiger partial charge in [0.1, 0.15) is 10.2 Å². The molecule has 0 radical (unpaired) electrons. The van der Waals surface area contributed by atoms with Crippen molar-refractivity contribution in [3.63, 3.8) is 0 Å². The fraction of sp³-hybridized carbons (Fsp3) is 0.545. The number of aromatic nitrogens is 1. The van der Waals surface area contributed by atoms with Crippen LogP contribution in [-0.2, 0) is 0 Å². The third-order valence-electron chi connectivity index (χ3n) is 2.69. The van der Waals surface area contributed by atoms with Gasteiger partial charge in [-0.3, -0.25) is 0 Å². The molecule has 1 aromatic rings. The summed E-state index contributed by atoms with van der Waals surface area (Å²) < 4.78 is 0. The highest BCUT2D eigenvalue weighted by Gasteiger charge is 2.16. The molecule has 82 valence electrons. The fourth-order valence-corrected chi connectivity index (χ4v) is 3.30. The molecule has 1 saturated carbocycles. The summed E-state index contributed by atoms with van der Waals surface area (Å²) in [5.41, 5.74) is 6.61. The molecular weight excluding hydrogens is 228 g/mol. The Morgan fingerprint density at radius 2 is 2.00 bits per heavy atom. The lowest BCUT2D eigenvalue weighted by molar-refractivity contribution is 0.516. The maximum Gasteiger partial charge on any atom is 0.130 e. The van der Waals surface area contributed by atoms with Crippen LogP contribution in [0, 0.1) is 0 Å². The number of thioether (sulfide) groups is 1. The Kier molecular flexibility index (Phi) is 3.76. The van der Waals surface area contributed by atoms with Crippen LogP contribution < -0.4 is 5.73 Å². The van der Waals surface area contributed by atoms with E-state index in [1.807, 2.05) is 6.07 Å². The Bertz CT molecular complexity index is 337. The number of hydrogen-bond acceptors (Lipinski definition) is 3. The molecule has 1 aliphatic carbocycles. The maximum atomic E-state index is 5.86. The van der Waals surface area contributed by atoms with E-state index in [-0.39, 0.29) is 0 Å². The van der Waals surface area contributed by atoms with E-state index in [1.165, 1.54) is 32.1 Å². The Hall–Kier alpha value is -0.410. The number of nitrogens with zero attached hydrogens (tertiary/aromatic N) is 1. The average Bonchev–Trinajstić information content (AvgIpc) is 2.25. The third-order valence-corrected chi connectivity index (χ3v) is 4.25. The number of halogens is 1. The first-order valence-electron chi connectivity index (χ1n) is 5.34. The molecule has 0 aliphatic heterocycles. The molecule has 0 saturated heterocycles. The van der Waals surface area contributed by atoms with Crippen molar-refractivity contribution in [1.82, 2.24) is 4.98 Å². The molecule has 1 aromatic heterocycles. The molecule has 1 heterocycles. The molecule has 0 bridgehead atoms. The normalized spacial score (nSPS) is 17.9. The van der Waals surface area contributed by atoms with E-state index in [2.05, 4.69) is 4.98 Å². The minimum Gasteiger partial charge on any atom is -0.397 e. The highest BCUT2D eigenvalue weighted by molar-refractivity contribution is 8.00. The van der Waals surface area contributed by atoms with Gasteiger partial charge in [-0.05, 0) is 25.0 Å². The van der Waals surface area contributed by atoms with Crippen LogP contribution in [0.25, 0.3) is 0 Å².